The highest BCUT2D eigenvalue weighted by atomic mass is 19.3. The SMILES string of the molecule is CC1=CCC(C2CCC(C3CCC(C)C(F)(F)O3)CC2)CC1. The van der Waals surface area contributed by atoms with E-state index in [-0.39, 0.29) is 6.10 Å². The molecule has 0 radical (unpaired) electrons. The van der Waals surface area contributed by atoms with Crippen LogP contribution in [0.5, 0.6) is 0 Å². The monoisotopic (exact) mass is 312 g/mol. The Morgan fingerprint density at radius 1 is 0.955 bits per heavy atom. The highest BCUT2D eigenvalue weighted by Gasteiger charge is 2.46. The third-order valence-electron chi connectivity index (χ3n) is 6.45. The quantitative estimate of drug-likeness (QED) is 0.573. The summed E-state index contributed by atoms with van der Waals surface area (Å²) in [5, 5.41) is 0. The van der Waals surface area contributed by atoms with E-state index in [4.69, 9.17) is 4.74 Å². The van der Waals surface area contributed by atoms with Gasteiger partial charge in [-0.15, -0.1) is 0 Å². The van der Waals surface area contributed by atoms with Gasteiger partial charge in [-0.2, -0.15) is 8.78 Å². The van der Waals surface area contributed by atoms with Crippen LogP contribution < -0.4 is 0 Å². The summed E-state index contributed by atoms with van der Waals surface area (Å²) >= 11 is 0. The van der Waals surface area contributed by atoms with Gasteiger partial charge in [-0.25, -0.2) is 0 Å². The maximum Gasteiger partial charge on any atom is 0.358 e. The van der Waals surface area contributed by atoms with Crippen molar-refractivity contribution in [3.8, 4) is 0 Å². The number of hydrogen-bond acceptors (Lipinski definition) is 1. The lowest BCUT2D eigenvalue weighted by Crippen LogP contribution is -2.43. The van der Waals surface area contributed by atoms with E-state index in [1.54, 1.807) is 6.92 Å². The van der Waals surface area contributed by atoms with Crippen LogP contribution in [0.4, 0.5) is 8.78 Å². The van der Waals surface area contributed by atoms with Crippen molar-refractivity contribution in [3.05, 3.63) is 11.6 Å². The fourth-order valence-corrected chi connectivity index (χ4v) is 4.69. The standard InChI is InChI=1S/C19H30F2O/c1-13-3-6-15(7-4-13)16-8-10-17(11-9-16)18-12-5-14(2)19(20,21)22-18/h3,14-18H,4-12H2,1-2H3. The second-order valence-electron chi connectivity index (χ2n) is 7.96. The van der Waals surface area contributed by atoms with E-state index in [0.717, 1.165) is 31.1 Å². The van der Waals surface area contributed by atoms with Crippen LogP contribution in [0.3, 0.4) is 0 Å². The number of alkyl halides is 2. The first-order valence-electron chi connectivity index (χ1n) is 9.17. The summed E-state index contributed by atoms with van der Waals surface area (Å²) in [6.45, 7) is 3.83. The van der Waals surface area contributed by atoms with Gasteiger partial charge in [-0.1, -0.05) is 18.6 Å². The first kappa shape index (κ1) is 16.4. The summed E-state index contributed by atoms with van der Waals surface area (Å²) in [6, 6.07) is 0. The van der Waals surface area contributed by atoms with Crippen LogP contribution in [0.2, 0.25) is 0 Å². The first-order chi connectivity index (χ1) is 10.5. The van der Waals surface area contributed by atoms with E-state index in [1.807, 2.05) is 0 Å². The summed E-state index contributed by atoms with van der Waals surface area (Å²) in [7, 11) is 0. The van der Waals surface area contributed by atoms with Crippen LogP contribution in [0.15, 0.2) is 11.6 Å². The predicted octanol–water partition coefficient (Wildman–Crippen LogP) is 5.95. The van der Waals surface area contributed by atoms with Crippen molar-refractivity contribution >= 4 is 0 Å². The molecule has 0 aromatic rings. The largest absolute Gasteiger partial charge is 0.358 e. The molecule has 3 heteroatoms. The van der Waals surface area contributed by atoms with E-state index in [2.05, 4.69) is 13.0 Å². The molecule has 0 amide bonds. The Morgan fingerprint density at radius 3 is 2.23 bits per heavy atom. The molecular formula is C19H30F2O. The molecule has 1 saturated carbocycles. The van der Waals surface area contributed by atoms with Crippen LogP contribution in [0.25, 0.3) is 0 Å². The lowest BCUT2D eigenvalue weighted by atomic mass is 9.70. The minimum absolute atomic E-state index is 0.208. The van der Waals surface area contributed by atoms with Gasteiger partial charge in [0.15, 0.2) is 0 Å². The van der Waals surface area contributed by atoms with Crippen molar-refractivity contribution in [1.29, 1.82) is 0 Å². The molecule has 1 nitrogen and oxygen atoms in total. The highest BCUT2D eigenvalue weighted by Crippen LogP contribution is 2.45. The molecule has 126 valence electrons. The number of rotatable bonds is 2. The van der Waals surface area contributed by atoms with Gasteiger partial charge in [-0.05, 0) is 82.5 Å². The van der Waals surface area contributed by atoms with Crippen molar-refractivity contribution in [2.75, 3.05) is 0 Å². The lowest BCUT2D eigenvalue weighted by Gasteiger charge is -2.42. The van der Waals surface area contributed by atoms with Crippen molar-refractivity contribution in [1.82, 2.24) is 0 Å². The van der Waals surface area contributed by atoms with Crippen LogP contribution in [-0.4, -0.2) is 12.2 Å². The van der Waals surface area contributed by atoms with Gasteiger partial charge in [0.1, 0.15) is 0 Å². The molecule has 3 atom stereocenters. The summed E-state index contributed by atoms with van der Waals surface area (Å²) in [6.07, 6.45) is 9.11. The zero-order chi connectivity index (χ0) is 15.7. The Kier molecular flexibility index (Phi) is 4.92. The Labute approximate surface area is 133 Å². The van der Waals surface area contributed by atoms with Crippen molar-refractivity contribution < 1.29 is 13.5 Å². The van der Waals surface area contributed by atoms with E-state index >= 15 is 0 Å². The van der Waals surface area contributed by atoms with Gasteiger partial charge >= 0.3 is 6.11 Å². The predicted molar refractivity (Wildman–Crippen MR) is 84.8 cm³/mol. The summed E-state index contributed by atoms with van der Waals surface area (Å²) in [5.74, 6) is 1.37. The number of halogens is 2. The van der Waals surface area contributed by atoms with Crippen molar-refractivity contribution in [3.63, 3.8) is 0 Å². The Bertz CT molecular complexity index is 410. The number of allylic oxidation sites excluding steroid dienone is 2. The summed E-state index contributed by atoms with van der Waals surface area (Å²) in [5.41, 5.74) is 1.54. The fraction of sp³-hybridized carbons (Fsp3) is 0.895. The van der Waals surface area contributed by atoms with Crippen molar-refractivity contribution in [2.24, 2.45) is 23.7 Å². The van der Waals surface area contributed by atoms with E-state index < -0.39 is 12.0 Å². The smallest absolute Gasteiger partial charge is 0.317 e. The van der Waals surface area contributed by atoms with Crippen LogP contribution in [-0.2, 0) is 4.74 Å². The average Bonchev–Trinajstić information content (AvgIpc) is 2.51. The van der Waals surface area contributed by atoms with Crippen LogP contribution in [0.1, 0.15) is 71.6 Å². The van der Waals surface area contributed by atoms with E-state index in [0.29, 0.717) is 12.3 Å². The van der Waals surface area contributed by atoms with Gasteiger partial charge in [0.2, 0.25) is 0 Å². The van der Waals surface area contributed by atoms with Gasteiger partial charge < -0.3 is 4.74 Å². The molecule has 3 rings (SSSR count). The molecular weight excluding hydrogens is 282 g/mol. The first-order valence-corrected chi connectivity index (χ1v) is 9.17. The van der Waals surface area contributed by atoms with Gasteiger partial charge in [0.05, 0.1) is 6.10 Å². The normalized spacial score (nSPS) is 42.7. The second kappa shape index (κ2) is 6.59. The Balaban J connectivity index is 1.50. The minimum atomic E-state index is -2.91. The van der Waals surface area contributed by atoms with Gasteiger partial charge in [0.25, 0.3) is 0 Å². The zero-order valence-electron chi connectivity index (χ0n) is 14.0. The van der Waals surface area contributed by atoms with Crippen LogP contribution in [0, 0.1) is 23.7 Å². The zero-order valence-corrected chi connectivity index (χ0v) is 14.0. The lowest BCUT2D eigenvalue weighted by molar-refractivity contribution is -0.319. The van der Waals surface area contributed by atoms with E-state index in [9.17, 15) is 8.78 Å². The molecule has 1 heterocycles. The molecule has 2 fully saturated rings. The van der Waals surface area contributed by atoms with Crippen LogP contribution >= 0.6 is 0 Å². The molecule has 3 unspecified atom stereocenters. The summed E-state index contributed by atoms with van der Waals surface area (Å²) < 4.78 is 32.7. The average molecular weight is 312 g/mol. The molecule has 3 aliphatic rings. The van der Waals surface area contributed by atoms with Gasteiger partial charge in [0, 0.05) is 5.92 Å². The molecule has 0 aromatic carbocycles. The molecule has 22 heavy (non-hydrogen) atoms. The number of ether oxygens (including phenoxy) is 1. The molecule has 0 bridgehead atoms. The molecule has 2 aliphatic carbocycles. The van der Waals surface area contributed by atoms with Gasteiger partial charge in [-0.3, -0.25) is 0 Å². The third kappa shape index (κ3) is 3.55. The topological polar surface area (TPSA) is 9.23 Å². The second-order valence-corrected chi connectivity index (χ2v) is 7.96. The molecule has 0 N–H and O–H groups in total. The maximum absolute atomic E-state index is 13.8. The third-order valence-corrected chi connectivity index (χ3v) is 6.45. The molecule has 1 aliphatic heterocycles. The fourth-order valence-electron chi connectivity index (χ4n) is 4.69. The maximum atomic E-state index is 13.8. The molecule has 1 saturated heterocycles. The Morgan fingerprint density at radius 2 is 1.64 bits per heavy atom. The highest BCUT2D eigenvalue weighted by molar-refractivity contribution is 5.04. The Hall–Kier alpha value is -0.440. The van der Waals surface area contributed by atoms with E-state index in [1.165, 1.54) is 37.7 Å². The molecule has 0 spiro atoms. The number of hydrogen-bond donors (Lipinski definition) is 0. The minimum Gasteiger partial charge on any atom is -0.317 e. The van der Waals surface area contributed by atoms with Crippen molar-refractivity contribution in [2.45, 2.75) is 83.8 Å². The molecule has 0 aromatic heterocycles. The summed E-state index contributed by atoms with van der Waals surface area (Å²) in [4.78, 5) is 0.